The van der Waals surface area contributed by atoms with Crippen LogP contribution in [0.5, 0.6) is 5.75 Å². The van der Waals surface area contributed by atoms with Gasteiger partial charge in [-0.25, -0.2) is 8.78 Å². The molecule has 3 amide bonds. The topological polar surface area (TPSA) is 103 Å². The first-order valence-corrected chi connectivity index (χ1v) is 14.6. The van der Waals surface area contributed by atoms with Crippen molar-refractivity contribution in [1.29, 1.82) is 0 Å². The van der Waals surface area contributed by atoms with E-state index in [1.54, 1.807) is 18.9 Å². The molecule has 0 spiro atoms. The summed E-state index contributed by atoms with van der Waals surface area (Å²) < 4.78 is 33.8. The highest BCUT2D eigenvalue weighted by atomic mass is 19.3. The van der Waals surface area contributed by atoms with Crippen LogP contribution in [0.3, 0.4) is 0 Å². The summed E-state index contributed by atoms with van der Waals surface area (Å²) in [4.78, 5) is 45.0. The summed E-state index contributed by atoms with van der Waals surface area (Å²) in [7, 11) is 1.65. The quantitative estimate of drug-likeness (QED) is 0.472. The molecule has 1 aromatic rings. The Kier molecular flexibility index (Phi) is 8.61. The highest BCUT2D eigenvalue weighted by Crippen LogP contribution is 2.38. The van der Waals surface area contributed by atoms with Crippen molar-refractivity contribution in [3.8, 4) is 5.75 Å². The first-order chi connectivity index (χ1) is 19.2. The van der Waals surface area contributed by atoms with Gasteiger partial charge in [0.2, 0.25) is 23.6 Å². The molecular weight excluding hydrogens is 520 g/mol. The number of likely N-dealkylation sites (N-methyl/N-ethyl adjacent to an activating group) is 1. The Bertz CT molecular complexity index is 1090. The molecular formula is C29H41F2N5O4. The predicted octanol–water partition coefficient (Wildman–Crippen LogP) is 2.22. The molecule has 0 radical (unpaired) electrons. The molecule has 40 heavy (non-hydrogen) atoms. The molecule has 4 aliphatic rings. The number of hydrogen-bond donors (Lipinski definition) is 3. The van der Waals surface area contributed by atoms with Crippen LogP contribution in [0.1, 0.15) is 63.5 Å². The average Bonchev–Trinajstić information content (AvgIpc) is 3.42. The van der Waals surface area contributed by atoms with Gasteiger partial charge in [-0.1, -0.05) is 18.2 Å². The second kappa shape index (κ2) is 12.0. The zero-order valence-corrected chi connectivity index (χ0v) is 23.3. The standard InChI is InChI=1S/C29H41F2N5O4/c1-18(32-2)26(37)34-25(19-9-12-29(30,31)13-10-19)28(39)36-16-20-6-5-14-35(20)17-23(36)27(38)33-22-11-15-40-24-8-4-3-7-21(22)24/h3-4,7-8,18-20,22-23,25,32H,5-6,9-17H2,1-2H3,(H,33,38)(H,34,37)/t18-,20+,22+,23-,25-/m0/s1. The monoisotopic (exact) mass is 561 g/mol. The van der Waals surface area contributed by atoms with E-state index in [-0.39, 0.29) is 55.5 Å². The number of nitrogens with zero attached hydrogens (tertiary/aromatic N) is 2. The first-order valence-electron chi connectivity index (χ1n) is 14.6. The van der Waals surface area contributed by atoms with Crippen LogP contribution in [-0.2, 0) is 14.4 Å². The van der Waals surface area contributed by atoms with Gasteiger partial charge in [0.1, 0.15) is 17.8 Å². The van der Waals surface area contributed by atoms with Crippen molar-refractivity contribution in [2.75, 3.05) is 33.3 Å². The lowest BCUT2D eigenvalue weighted by molar-refractivity contribution is -0.150. The smallest absolute Gasteiger partial charge is 0.248 e. The number of rotatable bonds is 7. The first kappa shape index (κ1) is 28.7. The molecule has 5 rings (SSSR count). The van der Waals surface area contributed by atoms with Crippen LogP contribution in [0.25, 0.3) is 0 Å². The van der Waals surface area contributed by atoms with Crippen LogP contribution in [0.2, 0.25) is 0 Å². The molecule has 3 N–H and O–H groups in total. The largest absolute Gasteiger partial charge is 0.493 e. The van der Waals surface area contributed by atoms with E-state index in [9.17, 15) is 23.2 Å². The van der Waals surface area contributed by atoms with Gasteiger partial charge in [-0.3, -0.25) is 19.3 Å². The molecule has 1 aliphatic carbocycles. The molecule has 0 unspecified atom stereocenters. The number of halogens is 2. The van der Waals surface area contributed by atoms with Crippen molar-refractivity contribution in [1.82, 2.24) is 25.8 Å². The van der Waals surface area contributed by atoms with Crippen LogP contribution in [0.15, 0.2) is 24.3 Å². The summed E-state index contributed by atoms with van der Waals surface area (Å²) in [6.07, 6.45) is 2.17. The second-order valence-corrected chi connectivity index (χ2v) is 11.7. The van der Waals surface area contributed by atoms with Crippen molar-refractivity contribution in [3.63, 3.8) is 0 Å². The van der Waals surface area contributed by atoms with Gasteiger partial charge in [0, 0.05) is 44.0 Å². The maximum Gasteiger partial charge on any atom is 0.248 e. The normalized spacial score (nSPS) is 28.0. The van der Waals surface area contributed by atoms with Crippen LogP contribution in [0, 0.1) is 5.92 Å². The van der Waals surface area contributed by atoms with Crippen LogP contribution >= 0.6 is 0 Å². The Balaban J connectivity index is 1.39. The van der Waals surface area contributed by atoms with Crippen molar-refractivity contribution in [2.24, 2.45) is 5.92 Å². The molecule has 0 aromatic heterocycles. The third-order valence-corrected chi connectivity index (χ3v) is 9.17. The van der Waals surface area contributed by atoms with Crippen LogP contribution in [0.4, 0.5) is 8.78 Å². The predicted molar refractivity (Wildman–Crippen MR) is 145 cm³/mol. The van der Waals surface area contributed by atoms with Crippen molar-refractivity contribution in [3.05, 3.63) is 29.8 Å². The van der Waals surface area contributed by atoms with Gasteiger partial charge in [-0.15, -0.1) is 0 Å². The van der Waals surface area contributed by atoms with Gasteiger partial charge >= 0.3 is 0 Å². The van der Waals surface area contributed by atoms with Crippen molar-refractivity contribution >= 4 is 17.7 Å². The van der Waals surface area contributed by atoms with Gasteiger partial charge in [-0.05, 0) is 58.2 Å². The number of benzene rings is 1. The third kappa shape index (κ3) is 6.10. The Morgan fingerprint density at radius 3 is 2.58 bits per heavy atom. The summed E-state index contributed by atoms with van der Waals surface area (Å²) >= 11 is 0. The third-order valence-electron chi connectivity index (χ3n) is 9.17. The number of ether oxygens (including phenoxy) is 1. The van der Waals surface area contributed by atoms with E-state index >= 15 is 0 Å². The zero-order valence-electron chi connectivity index (χ0n) is 23.3. The maximum atomic E-state index is 14.3. The molecule has 11 heteroatoms. The maximum absolute atomic E-state index is 14.3. The number of hydrogen-bond acceptors (Lipinski definition) is 6. The van der Waals surface area contributed by atoms with E-state index < -0.39 is 30.0 Å². The highest BCUT2D eigenvalue weighted by molar-refractivity contribution is 5.93. The minimum absolute atomic E-state index is 0.136. The van der Waals surface area contributed by atoms with Gasteiger partial charge in [0.15, 0.2) is 0 Å². The lowest BCUT2D eigenvalue weighted by Gasteiger charge is -2.45. The number of carbonyl (C=O) groups excluding carboxylic acids is 3. The second-order valence-electron chi connectivity index (χ2n) is 11.7. The van der Waals surface area contributed by atoms with E-state index in [1.165, 1.54) is 0 Å². The van der Waals surface area contributed by atoms with Gasteiger partial charge in [-0.2, -0.15) is 0 Å². The molecule has 5 atom stereocenters. The van der Waals surface area contributed by atoms with E-state index in [4.69, 9.17) is 4.74 Å². The van der Waals surface area contributed by atoms with E-state index in [1.807, 2.05) is 24.3 Å². The molecule has 220 valence electrons. The Hall–Kier alpha value is -2.79. The van der Waals surface area contributed by atoms with Gasteiger partial charge in [0.05, 0.1) is 18.7 Å². The number of fused-ring (bicyclic) bond motifs is 2. The fourth-order valence-corrected chi connectivity index (χ4v) is 6.61. The molecule has 0 bridgehead atoms. The summed E-state index contributed by atoms with van der Waals surface area (Å²) in [6.45, 7) is 3.81. The average molecular weight is 562 g/mol. The molecule has 3 fully saturated rings. The lowest BCUT2D eigenvalue weighted by atomic mass is 9.81. The van der Waals surface area contributed by atoms with Gasteiger partial charge < -0.3 is 25.6 Å². The van der Waals surface area contributed by atoms with Gasteiger partial charge in [0.25, 0.3) is 0 Å². The van der Waals surface area contributed by atoms with E-state index in [2.05, 4.69) is 20.9 Å². The number of carbonyl (C=O) groups is 3. The highest BCUT2D eigenvalue weighted by Gasteiger charge is 2.47. The molecule has 9 nitrogen and oxygen atoms in total. The van der Waals surface area contributed by atoms with Crippen molar-refractivity contribution < 1.29 is 27.9 Å². The van der Waals surface area contributed by atoms with Crippen molar-refractivity contribution in [2.45, 2.75) is 88.0 Å². The SMILES string of the molecule is CN[C@@H](C)C(=O)N[C@H](C(=O)N1C[C@H]2CCCN2C[C@H]1C(=O)N[C@@H]1CCOc2ccccc21)C1CCC(F)(F)CC1. The fourth-order valence-electron chi connectivity index (χ4n) is 6.61. The number of amides is 3. The Morgan fingerprint density at radius 2 is 1.82 bits per heavy atom. The lowest BCUT2D eigenvalue weighted by Crippen LogP contribution is -2.66. The summed E-state index contributed by atoms with van der Waals surface area (Å²) in [6, 6.07) is 5.25. The number of nitrogens with one attached hydrogen (secondary N) is 3. The molecule has 1 saturated carbocycles. The molecule has 3 aliphatic heterocycles. The molecule has 1 aromatic carbocycles. The van der Waals surface area contributed by atoms with Crippen LogP contribution < -0.4 is 20.7 Å². The number of piperazine rings is 1. The Morgan fingerprint density at radius 1 is 1.07 bits per heavy atom. The molecule has 3 heterocycles. The number of alkyl halides is 2. The minimum Gasteiger partial charge on any atom is -0.493 e. The van der Waals surface area contributed by atoms with E-state index in [0.717, 1.165) is 30.7 Å². The van der Waals surface area contributed by atoms with Crippen LogP contribution in [-0.4, -0.2) is 90.9 Å². The number of para-hydroxylation sites is 1. The van der Waals surface area contributed by atoms with E-state index in [0.29, 0.717) is 26.1 Å². The summed E-state index contributed by atoms with van der Waals surface area (Å²) in [5, 5.41) is 8.92. The zero-order chi connectivity index (χ0) is 28.4. The molecule has 2 saturated heterocycles. The summed E-state index contributed by atoms with van der Waals surface area (Å²) in [5.41, 5.74) is 0.907. The fraction of sp³-hybridized carbons (Fsp3) is 0.690. The minimum atomic E-state index is -2.76. The Labute approximate surface area is 234 Å². The summed E-state index contributed by atoms with van der Waals surface area (Å²) in [5.74, 6) is -3.41.